The number of carbonyl (C=O) groups excluding carboxylic acids is 1. The van der Waals surface area contributed by atoms with E-state index in [-0.39, 0.29) is 23.6 Å². The zero-order valence-corrected chi connectivity index (χ0v) is 15.5. The third kappa shape index (κ3) is 4.64. The van der Waals surface area contributed by atoms with E-state index in [1.165, 1.54) is 6.07 Å². The van der Waals surface area contributed by atoms with Gasteiger partial charge in [0.25, 0.3) is 0 Å². The van der Waals surface area contributed by atoms with Gasteiger partial charge in [-0.05, 0) is 37.0 Å². The summed E-state index contributed by atoms with van der Waals surface area (Å²) in [6.07, 6.45) is 2.42. The SMILES string of the molecule is CCC(C(=O)N1CCC(Nc2cccc(C(=O)O)n2)CC1)c1ccccc1. The molecule has 0 saturated carbocycles. The molecule has 1 aliphatic rings. The topological polar surface area (TPSA) is 82.5 Å². The molecular weight excluding hydrogens is 342 g/mol. The second-order valence-corrected chi connectivity index (χ2v) is 6.83. The van der Waals surface area contributed by atoms with Crippen molar-refractivity contribution in [3.63, 3.8) is 0 Å². The Hall–Kier alpha value is -2.89. The van der Waals surface area contributed by atoms with E-state index >= 15 is 0 Å². The zero-order chi connectivity index (χ0) is 19.2. The minimum atomic E-state index is -1.04. The van der Waals surface area contributed by atoms with Gasteiger partial charge in [-0.15, -0.1) is 0 Å². The maximum Gasteiger partial charge on any atom is 0.354 e. The number of piperidine rings is 1. The lowest BCUT2D eigenvalue weighted by molar-refractivity contribution is -0.133. The highest BCUT2D eigenvalue weighted by Crippen LogP contribution is 2.24. The number of nitrogens with zero attached hydrogens (tertiary/aromatic N) is 2. The van der Waals surface area contributed by atoms with Crippen LogP contribution in [0.15, 0.2) is 48.5 Å². The molecule has 2 heterocycles. The maximum atomic E-state index is 12.9. The fourth-order valence-electron chi connectivity index (χ4n) is 3.55. The van der Waals surface area contributed by atoms with E-state index in [4.69, 9.17) is 5.11 Å². The fraction of sp³-hybridized carbons (Fsp3) is 0.381. The minimum absolute atomic E-state index is 0.0289. The van der Waals surface area contributed by atoms with Gasteiger partial charge in [-0.25, -0.2) is 9.78 Å². The molecule has 27 heavy (non-hydrogen) atoms. The number of aromatic carboxylic acids is 1. The molecule has 1 atom stereocenters. The normalized spacial score (nSPS) is 16.0. The monoisotopic (exact) mass is 367 g/mol. The molecule has 6 heteroatoms. The molecule has 2 aromatic rings. The molecule has 1 unspecified atom stereocenters. The standard InChI is InChI=1S/C21H25N3O3/c1-2-17(15-7-4-3-5-8-15)20(25)24-13-11-16(12-14-24)22-19-10-6-9-18(23-19)21(26)27/h3-10,16-17H,2,11-14H2,1H3,(H,22,23)(H,26,27). The van der Waals surface area contributed by atoms with E-state index in [2.05, 4.69) is 10.3 Å². The van der Waals surface area contributed by atoms with E-state index < -0.39 is 5.97 Å². The summed E-state index contributed by atoms with van der Waals surface area (Å²) in [7, 11) is 0. The molecule has 3 rings (SSSR count). The first-order valence-corrected chi connectivity index (χ1v) is 9.39. The van der Waals surface area contributed by atoms with Crippen LogP contribution < -0.4 is 5.32 Å². The number of carbonyl (C=O) groups is 2. The number of anilines is 1. The quantitative estimate of drug-likeness (QED) is 0.818. The highest BCUT2D eigenvalue weighted by Gasteiger charge is 2.28. The van der Waals surface area contributed by atoms with Crippen molar-refractivity contribution >= 4 is 17.7 Å². The second kappa shape index (κ2) is 8.66. The summed E-state index contributed by atoms with van der Waals surface area (Å²) >= 11 is 0. The molecule has 6 nitrogen and oxygen atoms in total. The van der Waals surface area contributed by atoms with Crippen LogP contribution in [-0.2, 0) is 4.79 Å². The van der Waals surface area contributed by atoms with Crippen molar-refractivity contribution in [1.29, 1.82) is 0 Å². The Bertz CT molecular complexity index is 786. The highest BCUT2D eigenvalue weighted by molar-refractivity contribution is 5.85. The van der Waals surface area contributed by atoms with Crippen LogP contribution in [0.3, 0.4) is 0 Å². The van der Waals surface area contributed by atoms with Crippen LogP contribution in [-0.4, -0.2) is 46.0 Å². The van der Waals surface area contributed by atoms with Crippen molar-refractivity contribution in [2.24, 2.45) is 0 Å². The summed E-state index contributed by atoms with van der Waals surface area (Å²) < 4.78 is 0. The van der Waals surface area contributed by atoms with Crippen molar-refractivity contribution < 1.29 is 14.7 Å². The van der Waals surface area contributed by atoms with Crippen molar-refractivity contribution in [1.82, 2.24) is 9.88 Å². The summed E-state index contributed by atoms with van der Waals surface area (Å²) in [6.45, 7) is 3.43. The summed E-state index contributed by atoms with van der Waals surface area (Å²) in [6, 6.07) is 15.1. The number of hydrogen-bond donors (Lipinski definition) is 2. The molecule has 0 bridgehead atoms. The molecule has 1 saturated heterocycles. The number of rotatable bonds is 6. The molecule has 0 radical (unpaired) electrons. The lowest BCUT2D eigenvalue weighted by atomic mass is 9.93. The van der Waals surface area contributed by atoms with Gasteiger partial charge in [0, 0.05) is 19.1 Å². The summed E-state index contributed by atoms with van der Waals surface area (Å²) in [5.41, 5.74) is 1.10. The van der Waals surface area contributed by atoms with Crippen molar-refractivity contribution in [2.45, 2.75) is 38.1 Å². The molecule has 2 N–H and O–H groups in total. The number of aromatic nitrogens is 1. The number of carboxylic acid groups (broad SMARTS) is 1. The predicted octanol–water partition coefficient (Wildman–Crippen LogP) is 3.38. The lowest BCUT2D eigenvalue weighted by Crippen LogP contribution is -2.44. The first kappa shape index (κ1) is 18.9. The third-order valence-electron chi connectivity index (χ3n) is 5.04. The molecule has 1 fully saturated rings. The summed E-state index contributed by atoms with van der Waals surface area (Å²) in [4.78, 5) is 30.0. The van der Waals surface area contributed by atoms with Crippen LogP contribution in [0, 0.1) is 0 Å². The van der Waals surface area contributed by atoms with Crippen molar-refractivity contribution in [2.75, 3.05) is 18.4 Å². The third-order valence-corrected chi connectivity index (χ3v) is 5.04. The number of hydrogen-bond acceptors (Lipinski definition) is 4. The van der Waals surface area contributed by atoms with E-state index in [1.54, 1.807) is 12.1 Å². The first-order valence-electron chi connectivity index (χ1n) is 9.39. The van der Waals surface area contributed by atoms with Crippen LogP contribution in [0.5, 0.6) is 0 Å². The Morgan fingerprint density at radius 2 is 1.85 bits per heavy atom. The van der Waals surface area contributed by atoms with Gasteiger partial charge >= 0.3 is 5.97 Å². The lowest BCUT2D eigenvalue weighted by Gasteiger charge is -2.34. The molecule has 1 amide bonds. The Morgan fingerprint density at radius 1 is 1.15 bits per heavy atom. The molecule has 1 aromatic heterocycles. The molecule has 1 aliphatic heterocycles. The maximum absolute atomic E-state index is 12.9. The number of benzene rings is 1. The summed E-state index contributed by atoms with van der Waals surface area (Å²) in [5.74, 6) is -0.376. The van der Waals surface area contributed by atoms with Gasteiger partial charge in [-0.2, -0.15) is 0 Å². The molecular formula is C21H25N3O3. The van der Waals surface area contributed by atoms with E-state index in [0.29, 0.717) is 18.9 Å². The average molecular weight is 367 g/mol. The second-order valence-electron chi connectivity index (χ2n) is 6.83. The number of carboxylic acids is 1. The van der Waals surface area contributed by atoms with E-state index in [1.807, 2.05) is 42.2 Å². The zero-order valence-electron chi connectivity index (χ0n) is 15.5. The van der Waals surface area contributed by atoms with Gasteiger partial charge in [0.1, 0.15) is 5.82 Å². The Balaban J connectivity index is 1.57. The highest BCUT2D eigenvalue weighted by atomic mass is 16.4. The van der Waals surface area contributed by atoms with Crippen LogP contribution in [0.2, 0.25) is 0 Å². The number of amides is 1. The average Bonchev–Trinajstić information content (AvgIpc) is 2.70. The number of likely N-dealkylation sites (tertiary alicyclic amines) is 1. The fourth-order valence-corrected chi connectivity index (χ4v) is 3.55. The van der Waals surface area contributed by atoms with Gasteiger partial charge in [-0.1, -0.05) is 43.3 Å². The van der Waals surface area contributed by atoms with Crippen LogP contribution in [0.25, 0.3) is 0 Å². The molecule has 0 aliphatic carbocycles. The van der Waals surface area contributed by atoms with Crippen molar-refractivity contribution in [3.8, 4) is 0 Å². The van der Waals surface area contributed by atoms with Crippen LogP contribution in [0.4, 0.5) is 5.82 Å². The Kier molecular flexibility index (Phi) is 6.06. The molecule has 1 aromatic carbocycles. The molecule has 0 spiro atoms. The largest absolute Gasteiger partial charge is 0.477 e. The summed E-state index contributed by atoms with van der Waals surface area (Å²) in [5, 5.41) is 12.3. The Labute approximate surface area is 159 Å². The van der Waals surface area contributed by atoms with Gasteiger partial charge in [0.15, 0.2) is 5.69 Å². The minimum Gasteiger partial charge on any atom is -0.477 e. The van der Waals surface area contributed by atoms with Gasteiger partial charge in [0.2, 0.25) is 5.91 Å². The molecule has 142 valence electrons. The van der Waals surface area contributed by atoms with Gasteiger partial charge in [-0.3, -0.25) is 4.79 Å². The van der Waals surface area contributed by atoms with Gasteiger partial charge < -0.3 is 15.3 Å². The van der Waals surface area contributed by atoms with Gasteiger partial charge in [0.05, 0.1) is 5.92 Å². The van der Waals surface area contributed by atoms with E-state index in [0.717, 1.165) is 24.8 Å². The van der Waals surface area contributed by atoms with Crippen LogP contribution >= 0.6 is 0 Å². The smallest absolute Gasteiger partial charge is 0.354 e. The van der Waals surface area contributed by atoms with Crippen LogP contribution in [0.1, 0.15) is 48.2 Å². The first-order chi connectivity index (χ1) is 13.1. The number of pyridine rings is 1. The Morgan fingerprint density at radius 3 is 2.48 bits per heavy atom. The predicted molar refractivity (Wildman–Crippen MR) is 104 cm³/mol. The number of nitrogens with one attached hydrogen (secondary N) is 1. The van der Waals surface area contributed by atoms with Crippen molar-refractivity contribution in [3.05, 3.63) is 59.8 Å². The van der Waals surface area contributed by atoms with E-state index in [9.17, 15) is 9.59 Å².